The Morgan fingerprint density at radius 3 is 2.19 bits per heavy atom. The predicted molar refractivity (Wildman–Crippen MR) is 83.5 cm³/mol. The Balaban J connectivity index is 2.01. The first kappa shape index (κ1) is 14.2. The van der Waals surface area contributed by atoms with Crippen molar-refractivity contribution in [2.24, 2.45) is 11.3 Å². The van der Waals surface area contributed by atoms with Gasteiger partial charge in [0.25, 0.3) is 0 Å². The molecule has 2 heteroatoms. The number of carbonyl (C=O) groups is 2. The summed E-state index contributed by atoms with van der Waals surface area (Å²) in [5, 5.41) is 0. The number of hydrogen-bond donors (Lipinski definition) is 0. The topological polar surface area (TPSA) is 34.1 Å². The third-order valence-electron chi connectivity index (χ3n) is 5.54. The minimum absolute atomic E-state index is 0.0768. The molecule has 0 saturated carbocycles. The van der Waals surface area contributed by atoms with Crippen molar-refractivity contribution >= 4 is 11.6 Å². The van der Waals surface area contributed by atoms with Crippen molar-refractivity contribution in [1.82, 2.24) is 0 Å². The first-order chi connectivity index (χ1) is 9.95. The number of carbonyl (C=O) groups excluding carboxylic acids is 2. The van der Waals surface area contributed by atoms with Crippen LogP contribution in [0, 0.1) is 11.3 Å². The summed E-state index contributed by atoms with van der Waals surface area (Å²) in [5.41, 5.74) is 2.97. The first-order valence-corrected chi connectivity index (χ1v) is 7.86. The Hall–Kier alpha value is -1.70. The second kappa shape index (κ2) is 4.94. The average molecular weight is 282 g/mol. The molecule has 1 atom stereocenters. The fourth-order valence-corrected chi connectivity index (χ4v) is 3.58. The van der Waals surface area contributed by atoms with E-state index in [1.165, 1.54) is 0 Å². The van der Waals surface area contributed by atoms with E-state index < -0.39 is 0 Å². The molecule has 0 spiro atoms. The summed E-state index contributed by atoms with van der Waals surface area (Å²) in [6.07, 6.45) is 3.62. The van der Waals surface area contributed by atoms with E-state index in [9.17, 15) is 9.59 Å². The maximum atomic E-state index is 12.7. The van der Waals surface area contributed by atoms with E-state index in [1.807, 2.05) is 12.1 Å². The number of rotatable bonds is 2. The van der Waals surface area contributed by atoms with Gasteiger partial charge in [0, 0.05) is 22.3 Å². The second-order valence-corrected chi connectivity index (χ2v) is 6.94. The fraction of sp³-hybridized carbons (Fsp3) is 0.474. The molecule has 1 unspecified atom stereocenters. The predicted octanol–water partition coefficient (Wildman–Crippen LogP) is 4.60. The van der Waals surface area contributed by atoms with Gasteiger partial charge in [-0.1, -0.05) is 51.5 Å². The normalized spacial score (nSPS) is 22.1. The van der Waals surface area contributed by atoms with Crippen LogP contribution in [0.2, 0.25) is 0 Å². The molecule has 0 saturated heterocycles. The summed E-state index contributed by atoms with van der Waals surface area (Å²) < 4.78 is 0. The van der Waals surface area contributed by atoms with Crippen molar-refractivity contribution in [3.8, 4) is 0 Å². The van der Waals surface area contributed by atoms with E-state index in [0.29, 0.717) is 17.0 Å². The smallest absolute Gasteiger partial charge is 0.190 e. The zero-order chi connectivity index (χ0) is 15.2. The third-order valence-corrected chi connectivity index (χ3v) is 5.54. The number of allylic oxidation sites excluding steroid dienone is 2. The quantitative estimate of drug-likeness (QED) is 0.794. The van der Waals surface area contributed by atoms with Crippen molar-refractivity contribution in [2.75, 3.05) is 0 Å². The molecule has 0 aliphatic heterocycles. The van der Waals surface area contributed by atoms with Gasteiger partial charge >= 0.3 is 0 Å². The third kappa shape index (κ3) is 2.17. The Morgan fingerprint density at radius 2 is 1.62 bits per heavy atom. The molecular weight excluding hydrogens is 260 g/mol. The molecule has 0 heterocycles. The summed E-state index contributed by atoms with van der Waals surface area (Å²) in [4.78, 5) is 25.4. The second-order valence-electron chi connectivity index (χ2n) is 6.94. The van der Waals surface area contributed by atoms with Crippen LogP contribution in [-0.2, 0) is 0 Å². The zero-order valence-electron chi connectivity index (χ0n) is 13.0. The minimum Gasteiger partial charge on any atom is -0.289 e. The Bertz CT molecular complexity index is 649. The van der Waals surface area contributed by atoms with E-state index in [1.54, 1.807) is 12.1 Å². The number of fused-ring (bicyclic) bond motifs is 1. The lowest BCUT2D eigenvalue weighted by Crippen LogP contribution is -2.32. The highest BCUT2D eigenvalue weighted by atomic mass is 16.1. The fourth-order valence-electron chi connectivity index (χ4n) is 3.58. The summed E-state index contributed by atoms with van der Waals surface area (Å²) in [6, 6.07) is 7.24. The number of ketones is 2. The van der Waals surface area contributed by atoms with Gasteiger partial charge in [0.05, 0.1) is 0 Å². The molecular formula is C19H22O2. The molecule has 2 aliphatic rings. The highest BCUT2D eigenvalue weighted by Gasteiger charge is 2.39. The van der Waals surface area contributed by atoms with E-state index in [4.69, 9.17) is 0 Å². The molecule has 3 rings (SSSR count). The average Bonchev–Trinajstić information content (AvgIpc) is 2.52. The lowest BCUT2D eigenvalue weighted by Gasteiger charge is -2.38. The number of benzene rings is 1. The minimum atomic E-state index is 0.0768. The van der Waals surface area contributed by atoms with Crippen LogP contribution < -0.4 is 0 Å². The standard InChI is InChI=1S/C19H22O2/c1-4-19(2,3)12-9-10-15-16(11-12)18(21)14-8-6-5-7-13(14)17(15)20/h5-8,12H,4,9-11H2,1-3H3. The summed E-state index contributed by atoms with van der Waals surface area (Å²) in [5.74, 6) is 0.646. The van der Waals surface area contributed by atoms with E-state index in [2.05, 4.69) is 20.8 Å². The van der Waals surface area contributed by atoms with Crippen molar-refractivity contribution in [3.05, 3.63) is 46.5 Å². The van der Waals surface area contributed by atoms with Crippen LogP contribution in [0.5, 0.6) is 0 Å². The summed E-state index contributed by atoms with van der Waals surface area (Å²) >= 11 is 0. The van der Waals surface area contributed by atoms with Gasteiger partial charge in [0.15, 0.2) is 11.6 Å². The molecule has 0 aromatic heterocycles. The molecule has 1 aromatic rings. The highest BCUT2D eigenvalue weighted by Crippen LogP contribution is 2.45. The maximum Gasteiger partial charge on any atom is 0.190 e. The van der Waals surface area contributed by atoms with Crippen molar-refractivity contribution < 1.29 is 9.59 Å². The van der Waals surface area contributed by atoms with Crippen LogP contribution in [0.15, 0.2) is 35.4 Å². The lowest BCUT2D eigenvalue weighted by atomic mass is 9.65. The molecule has 0 N–H and O–H groups in total. The van der Waals surface area contributed by atoms with Crippen LogP contribution in [0.3, 0.4) is 0 Å². The lowest BCUT2D eigenvalue weighted by molar-refractivity contribution is 0.0939. The number of hydrogen-bond acceptors (Lipinski definition) is 2. The molecule has 1 aromatic carbocycles. The molecule has 2 aliphatic carbocycles. The largest absolute Gasteiger partial charge is 0.289 e. The molecule has 0 amide bonds. The van der Waals surface area contributed by atoms with Gasteiger partial charge in [-0.05, 0) is 30.6 Å². The van der Waals surface area contributed by atoms with Gasteiger partial charge in [-0.3, -0.25) is 9.59 Å². The van der Waals surface area contributed by atoms with Crippen LogP contribution in [-0.4, -0.2) is 11.6 Å². The van der Waals surface area contributed by atoms with Crippen molar-refractivity contribution in [1.29, 1.82) is 0 Å². The summed E-state index contributed by atoms with van der Waals surface area (Å²) in [7, 11) is 0. The zero-order valence-corrected chi connectivity index (χ0v) is 13.0. The molecule has 0 bridgehead atoms. The number of Topliss-reactive ketones (excluding diaryl/α,β-unsaturated/α-hetero) is 2. The molecule has 110 valence electrons. The van der Waals surface area contributed by atoms with Crippen LogP contribution >= 0.6 is 0 Å². The Morgan fingerprint density at radius 1 is 1.05 bits per heavy atom. The highest BCUT2D eigenvalue weighted by molar-refractivity contribution is 6.27. The molecule has 21 heavy (non-hydrogen) atoms. The van der Waals surface area contributed by atoms with Gasteiger partial charge in [-0.2, -0.15) is 0 Å². The van der Waals surface area contributed by atoms with E-state index in [-0.39, 0.29) is 17.0 Å². The summed E-state index contributed by atoms with van der Waals surface area (Å²) in [6.45, 7) is 6.74. The van der Waals surface area contributed by atoms with Crippen molar-refractivity contribution in [2.45, 2.75) is 46.5 Å². The maximum absolute atomic E-state index is 12.7. The van der Waals surface area contributed by atoms with Gasteiger partial charge in [-0.25, -0.2) is 0 Å². The molecule has 0 radical (unpaired) electrons. The molecule has 2 nitrogen and oxygen atoms in total. The van der Waals surface area contributed by atoms with Gasteiger partial charge < -0.3 is 0 Å². The monoisotopic (exact) mass is 282 g/mol. The van der Waals surface area contributed by atoms with Gasteiger partial charge in [-0.15, -0.1) is 0 Å². The van der Waals surface area contributed by atoms with Crippen LogP contribution in [0.4, 0.5) is 0 Å². The Kier molecular flexibility index (Phi) is 3.35. The Labute approximate surface area is 126 Å². The van der Waals surface area contributed by atoms with Crippen LogP contribution in [0.25, 0.3) is 0 Å². The molecule has 0 fully saturated rings. The SMILES string of the molecule is CCC(C)(C)C1CCC2=C(C1)C(=O)c1ccccc1C2=O. The van der Waals surface area contributed by atoms with Gasteiger partial charge in [0.1, 0.15) is 0 Å². The van der Waals surface area contributed by atoms with E-state index >= 15 is 0 Å². The van der Waals surface area contributed by atoms with Crippen LogP contribution in [0.1, 0.15) is 67.2 Å². The van der Waals surface area contributed by atoms with E-state index in [0.717, 1.165) is 36.8 Å². The van der Waals surface area contributed by atoms with Gasteiger partial charge in [0.2, 0.25) is 0 Å². The first-order valence-electron chi connectivity index (χ1n) is 7.86. The van der Waals surface area contributed by atoms with Crippen molar-refractivity contribution in [3.63, 3.8) is 0 Å².